The molecule has 0 bridgehead atoms. The molecule has 3 rings (SSSR count). The summed E-state index contributed by atoms with van der Waals surface area (Å²) in [6.45, 7) is 0.443. The zero-order valence-corrected chi connectivity index (χ0v) is 11.7. The normalized spacial score (nSPS) is 21.1. The standard InChI is InChI=1S/C16H15ClFNO/c17-13-7-11(5-6-14(13)18)8-16(19)9-12-3-1-2-4-15(12)20-10-16/h1-7H,8-10,19H2. The van der Waals surface area contributed by atoms with E-state index in [0.29, 0.717) is 13.0 Å². The number of rotatable bonds is 2. The van der Waals surface area contributed by atoms with Gasteiger partial charge in [-0.2, -0.15) is 0 Å². The molecule has 1 unspecified atom stereocenters. The summed E-state index contributed by atoms with van der Waals surface area (Å²) < 4.78 is 18.9. The van der Waals surface area contributed by atoms with Gasteiger partial charge in [0.25, 0.3) is 0 Å². The summed E-state index contributed by atoms with van der Waals surface area (Å²) in [4.78, 5) is 0. The quantitative estimate of drug-likeness (QED) is 0.921. The van der Waals surface area contributed by atoms with E-state index in [4.69, 9.17) is 22.1 Å². The monoisotopic (exact) mass is 291 g/mol. The van der Waals surface area contributed by atoms with Gasteiger partial charge >= 0.3 is 0 Å². The summed E-state index contributed by atoms with van der Waals surface area (Å²) in [5.41, 5.74) is 7.97. The summed E-state index contributed by atoms with van der Waals surface area (Å²) in [5.74, 6) is 0.484. The average Bonchev–Trinajstić information content (AvgIpc) is 2.42. The van der Waals surface area contributed by atoms with Crippen LogP contribution in [0.25, 0.3) is 0 Å². The second-order valence-corrected chi connectivity index (χ2v) is 5.77. The van der Waals surface area contributed by atoms with Gasteiger partial charge < -0.3 is 10.5 Å². The molecule has 2 aromatic rings. The lowest BCUT2D eigenvalue weighted by Gasteiger charge is -2.34. The van der Waals surface area contributed by atoms with Gasteiger partial charge in [-0.15, -0.1) is 0 Å². The van der Waals surface area contributed by atoms with E-state index in [1.807, 2.05) is 24.3 Å². The average molecular weight is 292 g/mol. The Hall–Kier alpha value is -1.58. The third-order valence-electron chi connectivity index (χ3n) is 3.57. The zero-order chi connectivity index (χ0) is 14.2. The maximum Gasteiger partial charge on any atom is 0.141 e. The molecule has 104 valence electrons. The van der Waals surface area contributed by atoms with Crippen molar-refractivity contribution in [1.82, 2.24) is 0 Å². The Labute approximate surface area is 122 Å². The van der Waals surface area contributed by atoms with Crippen LogP contribution in [0.4, 0.5) is 4.39 Å². The first kappa shape index (κ1) is 13.4. The highest BCUT2D eigenvalue weighted by molar-refractivity contribution is 6.30. The maximum atomic E-state index is 13.2. The molecule has 4 heteroatoms. The van der Waals surface area contributed by atoms with Crippen LogP contribution in [0.2, 0.25) is 5.02 Å². The van der Waals surface area contributed by atoms with Crippen LogP contribution in [0.15, 0.2) is 42.5 Å². The lowest BCUT2D eigenvalue weighted by molar-refractivity contribution is 0.190. The van der Waals surface area contributed by atoms with Gasteiger partial charge in [-0.1, -0.05) is 35.9 Å². The van der Waals surface area contributed by atoms with E-state index in [9.17, 15) is 4.39 Å². The fourth-order valence-corrected chi connectivity index (χ4v) is 2.82. The van der Waals surface area contributed by atoms with Crippen LogP contribution in [0, 0.1) is 5.82 Å². The van der Waals surface area contributed by atoms with Gasteiger partial charge in [-0.25, -0.2) is 4.39 Å². The largest absolute Gasteiger partial charge is 0.491 e. The van der Waals surface area contributed by atoms with Crippen molar-refractivity contribution < 1.29 is 9.13 Å². The molecule has 0 saturated carbocycles. The number of nitrogens with two attached hydrogens (primary N) is 1. The second-order valence-electron chi connectivity index (χ2n) is 5.36. The minimum Gasteiger partial charge on any atom is -0.491 e. The van der Waals surface area contributed by atoms with E-state index in [1.54, 1.807) is 12.1 Å². The summed E-state index contributed by atoms with van der Waals surface area (Å²) in [7, 11) is 0. The number of halogens is 2. The Morgan fingerprint density at radius 1 is 1.25 bits per heavy atom. The first-order chi connectivity index (χ1) is 9.56. The Balaban J connectivity index is 1.82. The van der Waals surface area contributed by atoms with Gasteiger partial charge in [0.1, 0.15) is 18.2 Å². The number of para-hydroxylation sites is 1. The third-order valence-corrected chi connectivity index (χ3v) is 3.86. The molecule has 1 aliphatic rings. The molecule has 0 aromatic heterocycles. The van der Waals surface area contributed by atoms with E-state index in [1.165, 1.54) is 6.07 Å². The van der Waals surface area contributed by atoms with Gasteiger partial charge in [0.15, 0.2) is 0 Å². The smallest absolute Gasteiger partial charge is 0.141 e. The van der Waals surface area contributed by atoms with Gasteiger partial charge in [0.2, 0.25) is 0 Å². The van der Waals surface area contributed by atoms with Crippen molar-refractivity contribution in [2.75, 3.05) is 6.61 Å². The van der Waals surface area contributed by atoms with Crippen LogP contribution in [-0.4, -0.2) is 12.1 Å². The van der Waals surface area contributed by atoms with Gasteiger partial charge in [0.05, 0.1) is 10.6 Å². The molecule has 0 amide bonds. The third kappa shape index (κ3) is 2.65. The van der Waals surface area contributed by atoms with Crippen LogP contribution >= 0.6 is 11.6 Å². The molecule has 1 heterocycles. The lowest BCUT2D eigenvalue weighted by Crippen LogP contribution is -2.51. The Bertz CT molecular complexity index is 646. The molecule has 0 saturated heterocycles. The van der Waals surface area contributed by atoms with Gasteiger partial charge in [-0.05, 0) is 42.2 Å². The highest BCUT2D eigenvalue weighted by atomic mass is 35.5. The first-order valence-electron chi connectivity index (χ1n) is 6.49. The van der Waals surface area contributed by atoms with E-state index >= 15 is 0 Å². The first-order valence-corrected chi connectivity index (χ1v) is 6.87. The SMILES string of the molecule is NC1(Cc2ccc(F)c(Cl)c2)COc2ccccc2C1. The minimum atomic E-state index is -0.491. The van der Waals surface area contributed by atoms with Crippen molar-refractivity contribution in [2.24, 2.45) is 5.73 Å². The Kier molecular flexibility index (Phi) is 3.40. The van der Waals surface area contributed by atoms with Crippen molar-refractivity contribution in [3.63, 3.8) is 0 Å². The summed E-state index contributed by atoms with van der Waals surface area (Å²) >= 11 is 5.81. The highest BCUT2D eigenvalue weighted by Gasteiger charge is 2.32. The Morgan fingerprint density at radius 3 is 2.85 bits per heavy atom. The molecule has 2 aromatic carbocycles. The fraction of sp³-hybridized carbons (Fsp3) is 0.250. The molecule has 0 aliphatic carbocycles. The number of benzene rings is 2. The zero-order valence-electron chi connectivity index (χ0n) is 10.9. The summed E-state index contributed by atoms with van der Waals surface area (Å²) in [6.07, 6.45) is 1.33. The topological polar surface area (TPSA) is 35.2 Å². The van der Waals surface area contributed by atoms with Crippen molar-refractivity contribution in [2.45, 2.75) is 18.4 Å². The molecule has 1 atom stereocenters. The molecular weight excluding hydrogens is 277 g/mol. The van der Waals surface area contributed by atoms with Crippen LogP contribution in [0.3, 0.4) is 0 Å². The second kappa shape index (κ2) is 5.08. The minimum absolute atomic E-state index is 0.128. The lowest BCUT2D eigenvalue weighted by atomic mass is 9.84. The fourth-order valence-electron chi connectivity index (χ4n) is 2.61. The molecule has 20 heavy (non-hydrogen) atoms. The maximum absolute atomic E-state index is 13.2. The van der Waals surface area contributed by atoms with Crippen molar-refractivity contribution >= 4 is 11.6 Å². The van der Waals surface area contributed by atoms with Crippen LogP contribution in [-0.2, 0) is 12.8 Å². The molecule has 0 fully saturated rings. The van der Waals surface area contributed by atoms with Crippen molar-refractivity contribution in [3.05, 3.63) is 64.4 Å². The van der Waals surface area contributed by atoms with Gasteiger partial charge in [-0.3, -0.25) is 0 Å². The number of ether oxygens (including phenoxy) is 1. The number of hydrogen-bond acceptors (Lipinski definition) is 2. The highest BCUT2D eigenvalue weighted by Crippen LogP contribution is 2.30. The van der Waals surface area contributed by atoms with Crippen LogP contribution in [0.1, 0.15) is 11.1 Å². The summed E-state index contributed by atoms with van der Waals surface area (Å²) in [5, 5.41) is 0.128. The van der Waals surface area contributed by atoms with E-state index in [0.717, 1.165) is 23.3 Å². The van der Waals surface area contributed by atoms with E-state index in [-0.39, 0.29) is 5.02 Å². The molecule has 1 aliphatic heterocycles. The number of hydrogen-bond donors (Lipinski definition) is 1. The molecular formula is C16H15ClFNO. The Morgan fingerprint density at radius 2 is 2.05 bits per heavy atom. The molecule has 2 N–H and O–H groups in total. The molecule has 0 radical (unpaired) electrons. The van der Waals surface area contributed by atoms with Crippen molar-refractivity contribution in [1.29, 1.82) is 0 Å². The predicted octanol–water partition coefficient (Wildman–Crippen LogP) is 3.35. The van der Waals surface area contributed by atoms with Crippen molar-refractivity contribution in [3.8, 4) is 5.75 Å². The van der Waals surface area contributed by atoms with E-state index in [2.05, 4.69) is 0 Å². The van der Waals surface area contributed by atoms with E-state index < -0.39 is 11.4 Å². The van der Waals surface area contributed by atoms with Crippen LogP contribution in [0.5, 0.6) is 5.75 Å². The molecule has 0 spiro atoms. The number of fused-ring (bicyclic) bond motifs is 1. The predicted molar refractivity (Wildman–Crippen MR) is 77.7 cm³/mol. The van der Waals surface area contributed by atoms with Crippen LogP contribution < -0.4 is 10.5 Å². The summed E-state index contributed by atoms with van der Waals surface area (Å²) in [6, 6.07) is 12.6. The molecule has 2 nitrogen and oxygen atoms in total. The van der Waals surface area contributed by atoms with Gasteiger partial charge in [0, 0.05) is 0 Å².